The van der Waals surface area contributed by atoms with Gasteiger partial charge in [0.1, 0.15) is 0 Å². The van der Waals surface area contributed by atoms with E-state index >= 15 is 0 Å². The van der Waals surface area contributed by atoms with Crippen LogP contribution in [0.5, 0.6) is 0 Å². The lowest BCUT2D eigenvalue weighted by Crippen LogP contribution is -1.97. The van der Waals surface area contributed by atoms with E-state index in [0.29, 0.717) is 10.0 Å². The molecule has 5 rings (SSSR count). The van der Waals surface area contributed by atoms with E-state index in [1.165, 1.54) is 0 Å². The second-order valence-electron chi connectivity index (χ2n) is 7.21. The molecule has 152 valence electrons. The maximum Gasteiger partial charge on any atom is 0.159 e. The lowest BCUT2D eigenvalue weighted by molar-refractivity contribution is 1.09. The predicted molar refractivity (Wildman–Crippen MR) is 132 cm³/mol. The van der Waals surface area contributed by atoms with Crippen LogP contribution in [0.3, 0.4) is 0 Å². The zero-order valence-corrected chi connectivity index (χ0v) is 19.6. The highest BCUT2D eigenvalue weighted by Crippen LogP contribution is 2.39. The number of aromatic nitrogens is 3. The average Bonchev–Trinajstić information content (AvgIpc) is 3.15. The van der Waals surface area contributed by atoms with Crippen LogP contribution >= 0.6 is 39.1 Å². The van der Waals surface area contributed by atoms with Crippen molar-refractivity contribution in [1.82, 2.24) is 14.4 Å². The van der Waals surface area contributed by atoms with Crippen molar-refractivity contribution >= 4 is 44.8 Å². The maximum absolute atomic E-state index is 6.65. The summed E-state index contributed by atoms with van der Waals surface area (Å²) in [6, 6.07) is 23.8. The molecule has 0 aliphatic carbocycles. The topological polar surface area (TPSA) is 30.2 Å². The Morgan fingerprint density at radius 3 is 2.29 bits per heavy atom. The fourth-order valence-electron chi connectivity index (χ4n) is 3.69. The molecule has 0 atom stereocenters. The van der Waals surface area contributed by atoms with Gasteiger partial charge >= 0.3 is 0 Å². The molecule has 0 unspecified atom stereocenters. The van der Waals surface area contributed by atoms with Gasteiger partial charge in [0.05, 0.1) is 27.8 Å². The van der Waals surface area contributed by atoms with E-state index in [0.717, 1.165) is 49.6 Å². The molecule has 0 N–H and O–H groups in total. The van der Waals surface area contributed by atoms with Gasteiger partial charge in [0.25, 0.3) is 0 Å². The molecule has 3 aromatic carbocycles. The predicted octanol–water partition coefficient (Wildman–Crippen LogP) is 8.11. The minimum absolute atomic E-state index is 0.573. The van der Waals surface area contributed by atoms with Gasteiger partial charge in [-0.2, -0.15) is 0 Å². The third-order valence-corrected chi connectivity index (χ3v) is 6.22. The Morgan fingerprint density at radius 1 is 0.839 bits per heavy atom. The maximum atomic E-state index is 6.65. The van der Waals surface area contributed by atoms with Crippen LogP contribution in [-0.2, 0) is 0 Å². The van der Waals surface area contributed by atoms with Crippen molar-refractivity contribution in [2.24, 2.45) is 0 Å². The standard InChI is InChI=1S/C25H16BrCl2N3/c1-15-25-30-23(17-7-9-18(26)10-8-17)24(20-12-11-19(27)13-21(20)28)31(25)14-22(29-15)16-5-3-2-4-6-16/h2-14H,1H3. The first-order valence-corrected chi connectivity index (χ1v) is 11.2. The van der Waals surface area contributed by atoms with Gasteiger partial charge in [-0.25, -0.2) is 9.97 Å². The van der Waals surface area contributed by atoms with Gasteiger partial charge in [0, 0.05) is 32.4 Å². The zero-order valence-electron chi connectivity index (χ0n) is 16.5. The van der Waals surface area contributed by atoms with Crippen molar-refractivity contribution in [2.45, 2.75) is 6.92 Å². The van der Waals surface area contributed by atoms with Crippen molar-refractivity contribution in [3.63, 3.8) is 0 Å². The number of benzene rings is 3. The largest absolute Gasteiger partial charge is 0.295 e. The second-order valence-corrected chi connectivity index (χ2v) is 8.97. The number of imidazole rings is 1. The molecule has 2 aromatic heterocycles. The molecule has 0 saturated carbocycles. The molecule has 0 aliphatic rings. The number of hydrogen-bond donors (Lipinski definition) is 0. The SMILES string of the molecule is Cc1nc(-c2ccccc2)cn2c(-c3ccc(Cl)cc3Cl)c(-c3ccc(Br)cc3)nc12. The van der Waals surface area contributed by atoms with Crippen molar-refractivity contribution < 1.29 is 0 Å². The van der Waals surface area contributed by atoms with Crippen molar-refractivity contribution in [3.05, 3.63) is 99.2 Å². The van der Waals surface area contributed by atoms with Crippen LogP contribution in [0.1, 0.15) is 5.69 Å². The molecule has 31 heavy (non-hydrogen) atoms. The van der Waals surface area contributed by atoms with Crippen LogP contribution in [0.15, 0.2) is 83.5 Å². The Kier molecular flexibility index (Phi) is 5.30. The molecule has 2 heterocycles. The summed E-state index contributed by atoms with van der Waals surface area (Å²) >= 11 is 16.3. The highest BCUT2D eigenvalue weighted by Gasteiger charge is 2.21. The summed E-state index contributed by atoms with van der Waals surface area (Å²) in [4.78, 5) is 9.80. The van der Waals surface area contributed by atoms with Gasteiger partial charge in [0.15, 0.2) is 5.65 Å². The van der Waals surface area contributed by atoms with Crippen molar-refractivity contribution in [2.75, 3.05) is 0 Å². The number of hydrogen-bond acceptors (Lipinski definition) is 2. The lowest BCUT2D eigenvalue weighted by atomic mass is 10.0. The second kappa shape index (κ2) is 8.12. The van der Waals surface area contributed by atoms with Gasteiger partial charge in [-0.3, -0.25) is 4.40 Å². The monoisotopic (exact) mass is 507 g/mol. The Hall–Kier alpha value is -2.66. The lowest BCUT2D eigenvalue weighted by Gasteiger charge is -2.10. The molecule has 0 aliphatic heterocycles. The number of aryl methyl sites for hydroxylation is 1. The van der Waals surface area contributed by atoms with Crippen LogP contribution in [0.4, 0.5) is 0 Å². The number of rotatable bonds is 3. The Bertz CT molecular complexity index is 1410. The third kappa shape index (κ3) is 3.76. The molecule has 0 radical (unpaired) electrons. The molecule has 5 aromatic rings. The Labute approximate surface area is 198 Å². The van der Waals surface area contributed by atoms with E-state index in [2.05, 4.69) is 32.5 Å². The highest BCUT2D eigenvalue weighted by atomic mass is 79.9. The van der Waals surface area contributed by atoms with Gasteiger partial charge in [-0.1, -0.05) is 81.6 Å². The first-order valence-electron chi connectivity index (χ1n) is 9.68. The summed E-state index contributed by atoms with van der Waals surface area (Å²) in [5.74, 6) is 0. The summed E-state index contributed by atoms with van der Waals surface area (Å²) in [6.45, 7) is 1.98. The Balaban J connectivity index is 1.86. The van der Waals surface area contributed by atoms with Crippen LogP contribution < -0.4 is 0 Å². The summed E-state index contributed by atoms with van der Waals surface area (Å²) in [6.07, 6.45) is 2.02. The molecule has 0 bridgehead atoms. The minimum Gasteiger partial charge on any atom is -0.295 e. The Morgan fingerprint density at radius 2 is 1.58 bits per heavy atom. The summed E-state index contributed by atoms with van der Waals surface area (Å²) in [7, 11) is 0. The van der Waals surface area contributed by atoms with E-state index in [9.17, 15) is 0 Å². The third-order valence-electron chi connectivity index (χ3n) is 5.15. The van der Waals surface area contributed by atoms with Gasteiger partial charge in [0.2, 0.25) is 0 Å². The fraction of sp³-hybridized carbons (Fsp3) is 0.0400. The van der Waals surface area contributed by atoms with Gasteiger partial charge in [-0.05, 0) is 37.3 Å². The van der Waals surface area contributed by atoms with E-state index in [4.69, 9.17) is 33.2 Å². The molecule has 0 spiro atoms. The number of nitrogens with zero attached hydrogens (tertiary/aromatic N) is 3. The highest BCUT2D eigenvalue weighted by molar-refractivity contribution is 9.10. The summed E-state index contributed by atoms with van der Waals surface area (Å²) < 4.78 is 3.09. The van der Waals surface area contributed by atoms with E-state index < -0.39 is 0 Å². The summed E-state index contributed by atoms with van der Waals surface area (Å²) in [5, 5.41) is 1.17. The number of fused-ring (bicyclic) bond motifs is 1. The van der Waals surface area contributed by atoms with Crippen LogP contribution in [0.25, 0.3) is 39.4 Å². The molecular formula is C25H16BrCl2N3. The molecule has 0 saturated heterocycles. The van der Waals surface area contributed by atoms with E-state index in [1.54, 1.807) is 6.07 Å². The quantitative estimate of drug-likeness (QED) is 0.246. The zero-order chi connectivity index (χ0) is 21.5. The number of halogens is 3. The fourth-order valence-corrected chi connectivity index (χ4v) is 4.45. The normalized spacial score (nSPS) is 11.2. The van der Waals surface area contributed by atoms with Crippen LogP contribution in [0.2, 0.25) is 10.0 Å². The molecule has 0 fully saturated rings. The molecule has 0 amide bonds. The van der Waals surface area contributed by atoms with Gasteiger partial charge < -0.3 is 0 Å². The van der Waals surface area contributed by atoms with E-state index in [1.807, 2.05) is 67.7 Å². The molecule has 3 nitrogen and oxygen atoms in total. The molecule has 6 heteroatoms. The van der Waals surface area contributed by atoms with E-state index in [-0.39, 0.29) is 0 Å². The first kappa shape index (κ1) is 20.3. The minimum atomic E-state index is 0.573. The average molecular weight is 509 g/mol. The van der Waals surface area contributed by atoms with Gasteiger partial charge in [-0.15, -0.1) is 0 Å². The van der Waals surface area contributed by atoms with Crippen molar-refractivity contribution in [3.8, 4) is 33.8 Å². The molecular weight excluding hydrogens is 493 g/mol. The first-order chi connectivity index (χ1) is 15.0. The van der Waals surface area contributed by atoms with Crippen molar-refractivity contribution in [1.29, 1.82) is 0 Å². The van der Waals surface area contributed by atoms with Crippen LogP contribution in [0, 0.1) is 6.92 Å². The van der Waals surface area contributed by atoms with Crippen LogP contribution in [-0.4, -0.2) is 14.4 Å². The summed E-state index contributed by atoms with van der Waals surface area (Å²) in [5.41, 5.74) is 7.15. The smallest absolute Gasteiger partial charge is 0.159 e.